The van der Waals surface area contributed by atoms with Crippen LogP contribution in [0.5, 0.6) is 0 Å². The molecule has 0 aromatic carbocycles. The molecule has 0 spiro atoms. The second-order valence-electron chi connectivity index (χ2n) is 4.33. The first-order chi connectivity index (χ1) is 9.03. The van der Waals surface area contributed by atoms with Gasteiger partial charge in [0.2, 0.25) is 12.3 Å². The van der Waals surface area contributed by atoms with Crippen LogP contribution < -0.4 is 5.32 Å². The lowest BCUT2D eigenvalue weighted by molar-refractivity contribution is -0.128. The number of carbonyl (C=O) groups is 2. The molecule has 3 unspecified atom stereocenters. The highest BCUT2D eigenvalue weighted by molar-refractivity contribution is 5.92. The molecule has 0 aromatic rings. The smallest absolute Gasteiger partial charge is 0.248 e. The molecule has 1 rings (SSSR count). The summed E-state index contributed by atoms with van der Waals surface area (Å²) in [5.74, 6) is -0.279. The average Bonchev–Trinajstić information content (AvgIpc) is 2.76. The summed E-state index contributed by atoms with van der Waals surface area (Å²) in [5, 5.41) is 12.2. The minimum atomic E-state index is -0.693. The third-order valence-electron chi connectivity index (χ3n) is 2.92. The van der Waals surface area contributed by atoms with Gasteiger partial charge in [0.15, 0.2) is 0 Å². The third-order valence-corrected chi connectivity index (χ3v) is 2.92. The van der Waals surface area contributed by atoms with Crippen molar-refractivity contribution in [3.8, 4) is 0 Å². The Morgan fingerprint density at radius 3 is 2.84 bits per heavy atom. The fourth-order valence-corrected chi connectivity index (χ4v) is 1.87. The van der Waals surface area contributed by atoms with Gasteiger partial charge in [-0.05, 0) is 6.92 Å². The second-order valence-corrected chi connectivity index (χ2v) is 4.33. The maximum atomic E-state index is 11.4. The molecule has 2 N–H and O–H groups in total. The predicted molar refractivity (Wildman–Crippen MR) is 66.9 cm³/mol. The van der Waals surface area contributed by atoms with Crippen molar-refractivity contribution in [2.75, 3.05) is 20.8 Å². The van der Waals surface area contributed by atoms with E-state index in [-0.39, 0.29) is 18.9 Å². The van der Waals surface area contributed by atoms with Gasteiger partial charge in [0.1, 0.15) is 12.3 Å². The van der Waals surface area contributed by atoms with E-state index in [9.17, 15) is 14.7 Å². The van der Waals surface area contributed by atoms with E-state index in [4.69, 9.17) is 9.47 Å². The van der Waals surface area contributed by atoms with E-state index in [2.05, 4.69) is 5.32 Å². The third kappa shape index (κ3) is 4.02. The minimum absolute atomic E-state index is 0.252. The van der Waals surface area contributed by atoms with Gasteiger partial charge < -0.3 is 19.9 Å². The zero-order valence-corrected chi connectivity index (χ0v) is 11.3. The molecule has 1 fully saturated rings. The number of carbonyl (C=O) groups excluding carboxylic acids is 2. The highest BCUT2D eigenvalue weighted by Gasteiger charge is 2.36. The Labute approximate surface area is 112 Å². The van der Waals surface area contributed by atoms with Crippen LogP contribution in [0, 0.1) is 0 Å². The number of rotatable bonds is 6. The number of ether oxygens (including phenoxy) is 2. The topological polar surface area (TPSA) is 88.1 Å². The van der Waals surface area contributed by atoms with Crippen molar-refractivity contribution >= 4 is 12.3 Å². The molecule has 0 aliphatic carbocycles. The van der Waals surface area contributed by atoms with Gasteiger partial charge >= 0.3 is 0 Å². The minimum Gasteiger partial charge on any atom is -0.390 e. The molecule has 0 aromatic heterocycles. The molecule has 0 radical (unpaired) electrons. The molecule has 0 saturated carbocycles. The zero-order valence-electron chi connectivity index (χ0n) is 11.3. The van der Waals surface area contributed by atoms with Gasteiger partial charge in [-0.15, -0.1) is 0 Å². The van der Waals surface area contributed by atoms with Crippen LogP contribution in [0.1, 0.15) is 13.3 Å². The number of amides is 2. The number of aliphatic hydroxyl groups is 1. The van der Waals surface area contributed by atoms with Crippen LogP contribution in [-0.2, 0) is 19.1 Å². The summed E-state index contributed by atoms with van der Waals surface area (Å²) in [4.78, 5) is 23.7. The molecule has 1 saturated heterocycles. The van der Waals surface area contributed by atoms with E-state index in [1.807, 2.05) is 0 Å². The highest BCUT2D eigenvalue weighted by Crippen LogP contribution is 2.23. The summed E-state index contributed by atoms with van der Waals surface area (Å²) < 4.78 is 10.4. The quantitative estimate of drug-likeness (QED) is 0.489. The van der Waals surface area contributed by atoms with Gasteiger partial charge in [-0.2, -0.15) is 0 Å². The standard InChI is InChI=1S/C12H20N2O5/c1-8(12(17)13-2)5-14(7-15)11-4-9(16)10(19-11)6-18-3/h5,7,9-11,16H,4,6H2,1-3H3,(H,13,17)/b8-5-. The molecular weight excluding hydrogens is 252 g/mol. The molecule has 3 atom stereocenters. The molecule has 7 heteroatoms. The number of nitrogens with one attached hydrogen (secondary N) is 1. The molecule has 1 heterocycles. The first-order valence-corrected chi connectivity index (χ1v) is 5.99. The SMILES string of the molecule is CNC(=O)/C(C)=C\N(C=O)C1CC(O)C(COC)O1. The lowest BCUT2D eigenvalue weighted by Crippen LogP contribution is -2.32. The van der Waals surface area contributed by atoms with Gasteiger partial charge in [0.25, 0.3) is 0 Å². The number of nitrogens with zero attached hydrogens (tertiary/aromatic N) is 1. The van der Waals surface area contributed by atoms with Gasteiger partial charge in [-0.25, -0.2) is 0 Å². The van der Waals surface area contributed by atoms with E-state index >= 15 is 0 Å². The molecule has 1 aliphatic rings. The van der Waals surface area contributed by atoms with Gasteiger partial charge in [-0.3, -0.25) is 14.5 Å². The van der Waals surface area contributed by atoms with Crippen molar-refractivity contribution in [3.63, 3.8) is 0 Å². The van der Waals surface area contributed by atoms with Crippen LogP contribution in [0.3, 0.4) is 0 Å². The monoisotopic (exact) mass is 272 g/mol. The molecule has 1 aliphatic heterocycles. The zero-order chi connectivity index (χ0) is 14.4. The van der Waals surface area contributed by atoms with Crippen LogP contribution in [0.15, 0.2) is 11.8 Å². The summed E-state index contributed by atoms with van der Waals surface area (Å²) in [7, 11) is 3.02. The van der Waals surface area contributed by atoms with E-state index < -0.39 is 18.4 Å². The number of hydrogen-bond donors (Lipinski definition) is 2. The molecular formula is C12H20N2O5. The number of aliphatic hydroxyl groups excluding tert-OH is 1. The summed E-state index contributed by atoms with van der Waals surface area (Å²) >= 11 is 0. The van der Waals surface area contributed by atoms with Crippen molar-refractivity contribution in [1.29, 1.82) is 0 Å². The van der Waals surface area contributed by atoms with Crippen molar-refractivity contribution in [1.82, 2.24) is 10.2 Å². The number of methoxy groups -OCH3 is 1. The fourth-order valence-electron chi connectivity index (χ4n) is 1.87. The van der Waals surface area contributed by atoms with Crippen molar-refractivity contribution in [3.05, 3.63) is 11.8 Å². The Balaban J connectivity index is 2.72. The van der Waals surface area contributed by atoms with Crippen LogP contribution >= 0.6 is 0 Å². The molecule has 0 bridgehead atoms. The average molecular weight is 272 g/mol. The first kappa shape index (κ1) is 15.6. The maximum Gasteiger partial charge on any atom is 0.248 e. The summed E-state index contributed by atoms with van der Waals surface area (Å²) in [6, 6.07) is 0. The van der Waals surface area contributed by atoms with Crippen LogP contribution in [0.25, 0.3) is 0 Å². The summed E-state index contributed by atoms with van der Waals surface area (Å²) in [6.45, 7) is 1.84. The van der Waals surface area contributed by atoms with Gasteiger partial charge in [0.05, 0.1) is 12.7 Å². The normalized spacial score (nSPS) is 27.2. The molecule has 19 heavy (non-hydrogen) atoms. The Morgan fingerprint density at radius 1 is 1.63 bits per heavy atom. The first-order valence-electron chi connectivity index (χ1n) is 5.99. The number of hydrogen-bond acceptors (Lipinski definition) is 5. The highest BCUT2D eigenvalue weighted by atomic mass is 16.6. The van der Waals surface area contributed by atoms with E-state index in [1.54, 1.807) is 6.92 Å². The Hall–Kier alpha value is -1.44. The van der Waals surface area contributed by atoms with E-state index in [0.717, 1.165) is 0 Å². The van der Waals surface area contributed by atoms with Gasteiger partial charge in [-0.1, -0.05) is 0 Å². The Morgan fingerprint density at radius 2 is 2.32 bits per heavy atom. The van der Waals surface area contributed by atoms with E-state index in [0.29, 0.717) is 12.0 Å². The number of likely N-dealkylation sites (N-methyl/N-ethyl adjacent to an activating group) is 1. The van der Waals surface area contributed by atoms with Gasteiger partial charge in [0, 0.05) is 32.4 Å². The lowest BCUT2D eigenvalue weighted by atomic mass is 10.2. The van der Waals surface area contributed by atoms with Crippen LogP contribution in [0.2, 0.25) is 0 Å². The molecule has 108 valence electrons. The van der Waals surface area contributed by atoms with Crippen LogP contribution in [-0.4, -0.2) is 61.5 Å². The summed E-state index contributed by atoms with van der Waals surface area (Å²) in [6.07, 6.45) is 0.501. The Kier molecular flexibility index (Phi) is 5.94. The Bertz CT molecular complexity index is 358. The fraction of sp³-hybridized carbons (Fsp3) is 0.667. The largest absolute Gasteiger partial charge is 0.390 e. The lowest BCUT2D eigenvalue weighted by Gasteiger charge is -2.21. The van der Waals surface area contributed by atoms with Crippen molar-refractivity contribution in [2.45, 2.75) is 31.8 Å². The van der Waals surface area contributed by atoms with E-state index in [1.165, 1.54) is 25.3 Å². The predicted octanol–water partition coefficient (Wildman–Crippen LogP) is -0.783. The van der Waals surface area contributed by atoms with Crippen molar-refractivity contribution < 1.29 is 24.2 Å². The molecule has 2 amide bonds. The summed E-state index contributed by atoms with van der Waals surface area (Å²) in [5.41, 5.74) is 0.378. The van der Waals surface area contributed by atoms with Crippen molar-refractivity contribution in [2.24, 2.45) is 0 Å². The maximum absolute atomic E-state index is 11.4. The van der Waals surface area contributed by atoms with Crippen LogP contribution in [0.4, 0.5) is 0 Å². The second kappa shape index (κ2) is 7.22. The molecule has 7 nitrogen and oxygen atoms in total.